The van der Waals surface area contributed by atoms with E-state index < -0.39 is 0 Å². The molecule has 1 fully saturated rings. The predicted molar refractivity (Wildman–Crippen MR) is 88.2 cm³/mol. The minimum absolute atomic E-state index is 0.0353. The molecule has 0 radical (unpaired) electrons. The summed E-state index contributed by atoms with van der Waals surface area (Å²) in [6, 6.07) is 3.60. The number of hydrogen-bond donors (Lipinski definition) is 2. The molecule has 23 heavy (non-hydrogen) atoms. The van der Waals surface area contributed by atoms with Crippen molar-refractivity contribution in [2.24, 2.45) is 0 Å². The zero-order valence-electron chi connectivity index (χ0n) is 13.0. The average molecular weight is 332 g/mol. The van der Waals surface area contributed by atoms with Crippen molar-refractivity contribution in [3.63, 3.8) is 0 Å². The van der Waals surface area contributed by atoms with Crippen LogP contribution in [0.2, 0.25) is 0 Å². The third kappa shape index (κ3) is 3.74. The van der Waals surface area contributed by atoms with Gasteiger partial charge in [0, 0.05) is 42.4 Å². The third-order valence-corrected chi connectivity index (χ3v) is 5.11. The molecule has 0 aliphatic carbocycles. The molecule has 2 N–H and O–H groups in total. The lowest BCUT2D eigenvalue weighted by Gasteiger charge is -2.21. The van der Waals surface area contributed by atoms with Gasteiger partial charge in [-0.1, -0.05) is 0 Å². The van der Waals surface area contributed by atoms with Crippen LogP contribution in [0.3, 0.4) is 0 Å². The van der Waals surface area contributed by atoms with Gasteiger partial charge in [-0.15, -0.1) is 11.3 Å². The van der Waals surface area contributed by atoms with E-state index in [0.29, 0.717) is 5.56 Å². The molecule has 1 aliphatic rings. The van der Waals surface area contributed by atoms with Gasteiger partial charge in [-0.2, -0.15) is 0 Å². The quantitative estimate of drug-likeness (QED) is 0.860. The second-order valence-electron chi connectivity index (χ2n) is 5.77. The Bertz CT molecular complexity index is 661. The lowest BCUT2D eigenvalue weighted by molar-refractivity contribution is 0.0937. The second kappa shape index (κ2) is 7.16. The van der Waals surface area contributed by atoms with Gasteiger partial charge in [0.2, 0.25) is 0 Å². The number of aryl methyl sites for hydroxylation is 1. The second-order valence-corrected chi connectivity index (χ2v) is 6.71. The van der Waals surface area contributed by atoms with Crippen molar-refractivity contribution in [3.05, 3.63) is 46.2 Å². The number of carbonyl (C=O) groups is 1. The van der Waals surface area contributed by atoms with Crippen LogP contribution in [0.4, 0.5) is 0 Å². The Balaban J connectivity index is 1.62. The fourth-order valence-electron chi connectivity index (χ4n) is 2.90. The maximum absolute atomic E-state index is 12.2. The van der Waals surface area contributed by atoms with Crippen molar-refractivity contribution >= 4 is 17.2 Å². The molecule has 0 bridgehead atoms. The van der Waals surface area contributed by atoms with E-state index in [1.165, 1.54) is 4.88 Å². The van der Waals surface area contributed by atoms with Gasteiger partial charge in [0.1, 0.15) is 0 Å². The molecule has 1 aliphatic heterocycles. The van der Waals surface area contributed by atoms with Crippen molar-refractivity contribution < 1.29 is 9.90 Å². The van der Waals surface area contributed by atoms with Gasteiger partial charge in [-0.3, -0.25) is 14.7 Å². The predicted octanol–water partition coefficient (Wildman–Crippen LogP) is 1.21. The van der Waals surface area contributed by atoms with E-state index in [2.05, 4.69) is 20.2 Å². The Morgan fingerprint density at radius 2 is 2.43 bits per heavy atom. The van der Waals surface area contributed by atoms with Crippen LogP contribution in [0.25, 0.3) is 0 Å². The molecule has 3 heterocycles. The van der Waals surface area contributed by atoms with Crippen LogP contribution < -0.4 is 5.32 Å². The summed E-state index contributed by atoms with van der Waals surface area (Å²) >= 11 is 1.63. The van der Waals surface area contributed by atoms with Crippen LogP contribution in [-0.2, 0) is 6.54 Å². The number of pyridine rings is 1. The van der Waals surface area contributed by atoms with E-state index in [-0.39, 0.29) is 24.6 Å². The molecule has 0 aromatic carbocycles. The van der Waals surface area contributed by atoms with Crippen molar-refractivity contribution in [1.82, 2.24) is 20.2 Å². The molecule has 2 atom stereocenters. The van der Waals surface area contributed by atoms with E-state index in [4.69, 9.17) is 0 Å². The third-order valence-electron chi connectivity index (χ3n) is 4.19. The highest BCUT2D eigenvalue weighted by Gasteiger charge is 2.33. The van der Waals surface area contributed by atoms with Crippen LogP contribution in [0.5, 0.6) is 0 Å². The molecule has 1 amide bonds. The minimum Gasteiger partial charge on any atom is -0.395 e. The van der Waals surface area contributed by atoms with Crippen LogP contribution in [0, 0.1) is 6.92 Å². The molecular formula is C16H20N4O2S. The summed E-state index contributed by atoms with van der Waals surface area (Å²) in [7, 11) is 0. The molecular weight excluding hydrogens is 312 g/mol. The summed E-state index contributed by atoms with van der Waals surface area (Å²) in [4.78, 5) is 23.9. The number of hydrogen-bond acceptors (Lipinski definition) is 6. The van der Waals surface area contributed by atoms with Crippen molar-refractivity contribution in [1.29, 1.82) is 0 Å². The van der Waals surface area contributed by atoms with Crippen LogP contribution in [0.1, 0.15) is 27.3 Å². The van der Waals surface area contributed by atoms with Gasteiger partial charge < -0.3 is 10.4 Å². The number of aromatic nitrogens is 2. The van der Waals surface area contributed by atoms with Crippen LogP contribution >= 0.6 is 11.3 Å². The lowest BCUT2D eigenvalue weighted by Crippen LogP contribution is -2.37. The highest BCUT2D eigenvalue weighted by Crippen LogP contribution is 2.23. The fraction of sp³-hybridized carbons (Fsp3) is 0.438. The Hall–Kier alpha value is -1.83. The molecule has 6 nitrogen and oxygen atoms in total. The van der Waals surface area contributed by atoms with Gasteiger partial charge in [0.05, 0.1) is 23.4 Å². The number of amides is 1. The van der Waals surface area contributed by atoms with Crippen molar-refractivity contribution in [2.45, 2.75) is 32.0 Å². The van der Waals surface area contributed by atoms with E-state index in [1.807, 2.05) is 12.4 Å². The monoisotopic (exact) mass is 332 g/mol. The first-order chi connectivity index (χ1) is 11.2. The van der Waals surface area contributed by atoms with Gasteiger partial charge in [-0.05, 0) is 25.5 Å². The molecule has 0 unspecified atom stereocenters. The van der Waals surface area contributed by atoms with Crippen LogP contribution in [-0.4, -0.2) is 51.1 Å². The number of aliphatic hydroxyl groups excluding tert-OH is 1. The first-order valence-electron chi connectivity index (χ1n) is 7.62. The van der Waals surface area contributed by atoms with E-state index >= 15 is 0 Å². The highest BCUT2D eigenvalue weighted by atomic mass is 32.1. The molecule has 0 spiro atoms. The Kier molecular flexibility index (Phi) is 5.00. The number of aliphatic hydroxyl groups is 1. The molecule has 7 heteroatoms. The number of nitrogens with zero attached hydrogens (tertiary/aromatic N) is 3. The molecule has 2 aromatic heterocycles. The van der Waals surface area contributed by atoms with E-state index in [9.17, 15) is 9.90 Å². The molecule has 2 aromatic rings. The van der Waals surface area contributed by atoms with Gasteiger partial charge in [0.15, 0.2) is 0 Å². The molecule has 122 valence electrons. The zero-order chi connectivity index (χ0) is 16.2. The molecule has 0 saturated carbocycles. The van der Waals surface area contributed by atoms with E-state index in [1.54, 1.807) is 35.9 Å². The van der Waals surface area contributed by atoms with Crippen molar-refractivity contribution in [3.8, 4) is 0 Å². The SMILES string of the molecule is Cc1ncsc1CN1C[C@@H](NC(=O)c2cccnc2)C[C@H]1CO. The summed E-state index contributed by atoms with van der Waals surface area (Å²) in [6.45, 7) is 3.59. The Morgan fingerprint density at radius 1 is 1.57 bits per heavy atom. The first kappa shape index (κ1) is 16.0. The summed E-state index contributed by atoms with van der Waals surface area (Å²) in [5.41, 5.74) is 3.44. The Morgan fingerprint density at radius 3 is 3.09 bits per heavy atom. The summed E-state index contributed by atoms with van der Waals surface area (Å²) in [5.74, 6) is -0.115. The molecule has 3 rings (SSSR count). The zero-order valence-corrected chi connectivity index (χ0v) is 13.8. The summed E-state index contributed by atoms with van der Waals surface area (Å²) < 4.78 is 0. The maximum atomic E-state index is 12.2. The van der Waals surface area contributed by atoms with Gasteiger partial charge in [0.25, 0.3) is 5.91 Å². The number of thiazole rings is 1. The summed E-state index contributed by atoms with van der Waals surface area (Å²) in [6.07, 6.45) is 3.96. The van der Waals surface area contributed by atoms with Crippen molar-refractivity contribution in [2.75, 3.05) is 13.2 Å². The fourth-order valence-corrected chi connectivity index (χ4v) is 3.70. The first-order valence-corrected chi connectivity index (χ1v) is 8.50. The number of likely N-dealkylation sites (tertiary alicyclic amines) is 1. The number of nitrogens with one attached hydrogen (secondary N) is 1. The van der Waals surface area contributed by atoms with Crippen LogP contribution in [0.15, 0.2) is 30.0 Å². The average Bonchev–Trinajstić information content (AvgIpc) is 3.15. The maximum Gasteiger partial charge on any atom is 0.253 e. The smallest absolute Gasteiger partial charge is 0.253 e. The van der Waals surface area contributed by atoms with Gasteiger partial charge >= 0.3 is 0 Å². The largest absolute Gasteiger partial charge is 0.395 e. The topological polar surface area (TPSA) is 78.4 Å². The lowest BCUT2D eigenvalue weighted by atomic mass is 10.1. The minimum atomic E-state index is -0.115. The normalized spacial score (nSPS) is 21.5. The highest BCUT2D eigenvalue weighted by molar-refractivity contribution is 7.09. The number of carbonyl (C=O) groups excluding carboxylic acids is 1. The number of rotatable bonds is 5. The van der Waals surface area contributed by atoms with Gasteiger partial charge in [-0.25, -0.2) is 4.98 Å². The standard InChI is InChI=1S/C16H20N4O2S/c1-11-15(23-10-18-11)8-20-7-13(5-14(20)9-21)19-16(22)12-3-2-4-17-6-12/h2-4,6,10,13-14,21H,5,7-9H2,1H3,(H,19,22)/t13-,14-/m0/s1. The Labute approximate surface area is 139 Å². The molecule has 1 saturated heterocycles. The summed E-state index contributed by atoms with van der Waals surface area (Å²) in [5, 5.41) is 12.7. The van der Waals surface area contributed by atoms with E-state index in [0.717, 1.165) is 25.2 Å².